The van der Waals surface area contributed by atoms with Crippen LogP contribution in [0.5, 0.6) is 0 Å². The van der Waals surface area contributed by atoms with Gasteiger partial charge in [0, 0.05) is 50.8 Å². The number of nitrogens with zero attached hydrogens (tertiary/aromatic N) is 4. The maximum Gasteiger partial charge on any atom is 2.00 e. The summed E-state index contributed by atoms with van der Waals surface area (Å²) in [5.74, 6) is 2.29. The van der Waals surface area contributed by atoms with Crippen LogP contribution in [0, 0.1) is 127 Å². The number of aromatic nitrogens is 3. The third-order valence-corrected chi connectivity index (χ3v) is 6.44. The van der Waals surface area contributed by atoms with E-state index < -0.39 is 0 Å². The van der Waals surface area contributed by atoms with E-state index in [1.165, 1.54) is 0 Å². The number of anilines is 1. The summed E-state index contributed by atoms with van der Waals surface area (Å²) in [5, 5.41) is 9.84. The third-order valence-electron chi connectivity index (χ3n) is 5.68. The van der Waals surface area contributed by atoms with E-state index in [0.717, 1.165) is 72.6 Å². The average molecular weight is 830 g/mol. The summed E-state index contributed by atoms with van der Waals surface area (Å²) in [4.78, 5) is 4.24. The molecule has 0 atom stereocenters. The second kappa shape index (κ2) is 22.8. The Hall–Kier alpha value is 1.27. The molecule has 2 heterocycles. The van der Waals surface area contributed by atoms with E-state index in [4.69, 9.17) is 14.9 Å². The zero-order chi connectivity index (χ0) is 24.8. The van der Waals surface area contributed by atoms with Crippen LogP contribution in [0.25, 0.3) is 0 Å². The summed E-state index contributed by atoms with van der Waals surface area (Å²) in [6, 6.07) is 0. The van der Waals surface area contributed by atoms with Crippen molar-refractivity contribution >= 4 is 28.3 Å². The molecule has 0 amide bonds. The van der Waals surface area contributed by atoms with Crippen LogP contribution in [0.4, 0.5) is 5.69 Å². The molecule has 0 bridgehead atoms. The summed E-state index contributed by atoms with van der Waals surface area (Å²) in [6.07, 6.45) is 37.8. The molecule has 39 heavy (non-hydrogen) atoms. The number of hydrogen-bond donors (Lipinski definition) is 0. The van der Waals surface area contributed by atoms with Crippen LogP contribution in [0.1, 0.15) is 17.8 Å². The summed E-state index contributed by atoms with van der Waals surface area (Å²) in [7, 11) is 0. The molecule has 5 nitrogen and oxygen atoms in total. The van der Waals surface area contributed by atoms with E-state index >= 15 is 0 Å². The van der Waals surface area contributed by atoms with Crippen LogP contribution in [0.15, 0.2) is 0 Å². The molecule has 9 heteroatoms. The van der Waals surface area contributed by atoms with Gasteiger partial charge in [-0.25, -0.2) is 0 Å². The number of morpholine rings is 1. The van der Waals surface area contributed by atoms with E-state index in [2.05, 4.69) is 78.9 Å². The monoisotopic (exact) mass is 830 g/mol. The van der Waals surface area contributed by atoms with Crippen molar-refractivity contribution in [3.63, 3.8) is 0 Å². The number of aryl methyl sites for hydroxylation is 1. The number of rotatable bonds is 6. The van der Waals surface area contributed by atoms with E-state index in [-0.39, 0.29) is 58.1 Å². The van der Waals surface area contributed by atoms with Gasteiger partial charge in [-0.1, -0.05) is 22.6 Å². The van der Waals surface area contributed by atoms with Crippen molar-refractivity contribution in [2.45, 2.75) is 13.0 Å². The molecule has 20 radical (unpaired) electrons. The summed E-state index contributed by atoms with van der Waals surface area (Å²) in [6.45, 7) is 4.04. The molecule has 1 aromatic heterocycles. The predicted molar refractivity (Wildman–Crippen MR) is 151 cm³/mol. The fraction of sp³-hybridized carbons (Fsp3) is 0.233. The van der Waals surface area contributed by atoms with E-state index in [1.807, 2.05) is 69.0 Å². The van der Waals surface area contributed by atoms with Crippen LogP contribution in [0.3, 0.4) is 0 Å². The van der Waals surface area contributed by atoms with Crippen LogP contribution in [-0.2, 0) is 45.4 Å². The van der Waals surface area contributed by atoms with Gasteiger partial charge in [-0.3, -0.25) is 0 Å². The number of ether oxygens (including phenoxy) is 1. The quantitative estimate of drug-likeness (QED) is 0.186. The van der Waals surface area contributed by atoms with Gasteiger partial charge in [-0.05, 0) is 116 Å². The Morgan fingerprint density at radius 3 is 1.41 bits per heavy atom. The molecule has 6 rings (SSSR count). The number of hydrogen-bond acceptors (Lipinski definition) is 4. The van der Waals surface area contributed by atoms with E-state index in [0.29, 0.717) is 0 Å². The van der Waals surface area contributed by atoms with Gasteiger partial charge in [0.25, 0.3) is 0 Å². The molecular formula is C30H32Fe2I2N4O+4. The zero-order valence-corrected chi connectivity index (χ0v) is 28.0. The molecule has 4 saturated carbocycles. The van der Waals surface area contributed by atoms with Gasteiger partial charge in [0.05, 0.1) is 18.9 Å². The van der Waals surface area contributed by atoms with Crippen molar-refractivity contribution in [1.82, 2.24) is 10.2 Å². The molecule has 0 aromatic carbocycles. The van der Waals surface area contributed by atoms with Crippen molar-refractivity contribution in [2.24, 2.45) is 0 Å². The van der Waals surface area contributed by atoms with Gasteiger partial charge >= 0.3 is 34.1 Å². The predicted octanol–water partition coefficient (Wildman–Crippen LogP) is 0.974. The van der Waals surface area contributed by atoms with E-state index in [1.54, 1.807) is 0 Å². The van der Waals surface area contributed by atoms with Crippen molar-refractivity contribution in [1.29, 1.82) is 0 Å². The molecular weight excluding hydrogens is 798 g/mol. The fourth-order valence-electron chi connectivity index (χ4n) is 3.94. The van der Waals surface area contributed by atoms with Gasteiger partial charge in [0.15, 0.2) is 0 Å². The third kappa shape index (κ3) is 12.8. The maximum absolute atomic E-state index is 5.57. The Morgan fingerprint density at radius 2 is 1.05 bits per heavy atom. The minimum absolute atomic E-state index is 0. The van der Waals surface area contributed by atoms with E-state index in [9.17, 15) is 0 Å². The molecule has 204 valence electrons. The van der Waals surface area contributed by atoms with Gasteiger partial charge in [0.2, 0.25) is 6.54 Å². The standard InChI is InChI=1S/C20H22IN4O.2C5H5.2Fe.HI/c21-10-5-11-25-22-18(16-6-1-2-7-16)20(24-12-14-26-15-13-24)19(23-25)17-8-3-4-9-17;2*1-2-4-5-3-1;;;/h1-4,6-9H,5,10-15H2;2*1-5H;;;1H/q+1;;;2*+2;/p-1. The smallest absolute Gasteiger partial charge is 1.00 e. The topological polar surface area (TPSA) is 42.1 Å². The van der Waals surface area contributed by atoms with Gasteiger partial charge in [0.1, 0.15) is 11.4 Å². The van der Waals surface area contributed by atoms with Crippen molar-refractivity contribution in [3.05, 3.63) is 139 Å². The van der Waals surface area contributed by atoms with Crippen molar-refractivity contribution in [3.8, 4) is 0 Å². The second-order valence-electron chi connectivity index (χ2n) is 8.26. The second-order valence-corrected chi connectivity index (χ2v) is 9.33. The molecule has 1 saturated heterocycles. The molecule has 5 aliphatic rings. The first-order chi connectivity index (χ1) is 17.9. The van der Waals surface area contributed by atoms with Crippen LogP contribution in [0.2, 0.25) is 0 Å². The van der Waals surface area contributed by atoms with Crippen molar-refractivity contribution < 1.29 is 67.6 Å². The minimum atomic E-state index is 0. The first-order valence-electron chi connectivity index (χ1n) is 12.4. The summed E-state index contributed by atoms with van der Waals surface area (Å²) >= 11 is 2.40. The maximum atomic E-state index is 5.57. The molecule has 0 unspecified atom stereocenters. The SMILES string of the molecule is ICCC[n+]1nc([C]2[CH][CH][CH][CH]2)c(N2CCOCC2)c([C]2[CH][CH][CH][CH]2)n1.[CH]1[CH][CH][CH][CH]1.[CH]1[CH][CH][CH][CH]1.[Fe+2].[Fe+2].[I-]. The zero-order valence-electron chi connectivity index (χ0n) is 21.5. The normalized spacial score (nSPS) is 21.1. The Morgan fingerprint density at radius 1 is 0.667 bits per heavy atom. The number of alkyl halides is 1. The van der Waals surface area contributed by atoms with Crippen LogP contribution < -0.4 is 33.7 Å². The molecule has 5 fully saturated rings. The largest absolute Gasteiger partial charge is 2.00 e. The van der Waals surface area contributed by atoms with Gasteiger partial charge in [-0.15, -0.1) is 0 Å². The molecule has 0 spiro atoms. The fourth-order valence-corrected chi connectivity index (χ4v) is 4.28. The number of halogens is 2. The Bertz CT molecular complexity index is 688. The van der Waals surface area contributed by atoms with Crippen LogP contribution >= 0.6 is 22.6 Å². The Labute approximate surface area is 291 Å². The Kier molecular flexibility index (Phi) is 22.3. The molecule has 1 aromatic rings. The minimum Gasteiger partial charge on any atom is -1.00 e. The Balaban J connectivity index is 0.000000492. The summed E-state index contributed by atoms with van der Waals surface area (Å²) < 4.78 is 6.66. The molecule has 4 aliphatic carbocycles. The van der Waals surface area contributed by atoms with Gasteiger partial charge in [-0.2, -0.15) is 0 Å². The summed E-state index contributed by atoms with van der Waals surface area (Å²) in [5.41, 5.74) is 3.14. The van der Waals surface area contributed by atoms with Gasteiger partial charge < -0.3 is 33.6 Å². The molecule has 1 aliphatic heterocycles. The molecule has 0 N–H and O–H groups in total. The average Bonchev–Trinajstić information content (AvgIpc) is 3.77. The van der Waals surface area contributed by atoms with Crippen LogP contribution in [-0.4, -0.2) is 40.9 Å². The van der Waals surface area contributed by atoms with Crippen molar-refractivity contribution in [2.75, 3.05) is 35.6 Å². The first kappa shape index (κ1) is 38.3. The first-order valence-corrected chi connectivity index (χ1v) is 13.9.